The van der Waals surface area contributed by atoms with Gasteiger partial charge in [-0.25, -0.2) is 0 Å². The first kappa shape index (κ1) is 23.3. The molecule has 4 aromatic rings. The Morgan fingerprint density at radius 3 is 2.86 bits per heavy atom. The minimum Gasteiger partial charge on any atom is -0.496 e. The topological polar surface area (TPSA) is 67.2 Å². The molecule has 1 N–H and O–H groups in total. The molecule has 1 spiro atoms. The van der Waals surface area contributed by atoms with Crippen molar-refractivity contribution in [1.29, 1.82) is 0 Å². The highest BCUT2D eigenvalue weighted by atomic mass is 127. The van der Waals surface area contributed by atoms with Crippen LogP contribution in [-0.2, 0) is 18.3 Å². The molecule has 6 nitrogen and oxygen atoms in total. The van der Waals surface area contributed by atoms with Crippen LogP contribution in [0.15, 0.2) is 64.1 Å². The summed E-state index contributed by atoms with van der Waals surface area (Å²) in [6, 6.07) is 17.0. The molecule has 2 aromatic carbocycles. The Balaban J connectivity index is 1.39. The van der Waals surface area contributed by atoms with Crippen molar-refractivity contribution in [2.24, 2.45) is 0 Å². The van der Waals surface area contributed by atoms with Crippen LogP contribution in [0.25, 0.3) is 11.3 Å². The van der Waals surface area contributed by atoms with Crippen molar-refractivity contribution in [3.8, 4) is 17.1 Å². The molecule has 35 heavy (non-hydrogen) atoms. The van der Waals surface area contributed by atoms with Gasteiger partial charge in [-0.05, 0) is 87.8 Å². The molecule has 0 atom stereocenters. The molecule has 2 aliphatic rings. The minimum atomic E-state index is 0.216. The molecule has 2 aromatic heterocycles. The molecule has 0 bridgehead atoms. The van der Waals surface area contributed by atoms with E-state index in [9.17, 15) is 0 Å². The van der Waals surface area contributed by atoms with Gasteiger partial charge in [-0.3, -0.25) is 9.40 Å². The van der Waals surface area contributed by atoms with E-state index in [-0.39, 0.29) is 5.41 Å². The van der Waals surface area contributed by atoms with Gasteiger partial charge in [0, 0.05) is 47.2 Å². The average Bonchev–Trinajstić information content (AvgIpc) is 3.25. The summed E-state index contributed by atoms with van der Waals surface area (Å²) in [6.45, 7) is 0.856. The normalized spacial score (nSPS) is 15.0. The second-order valence-electron chi connectivity index (χ2n) is 9.07. The predicted octanol–water partition coefficient (Wildman–Crippen LogP) is 6.85. The molecule has 2 aliphatic carbocycles. The van der Waals surface area contributed by atoms with E-state index in [1.165, 1.54) is 35.1 Å². The molecule has 1 fully saturated rings. The Labute approximate surface area is 225 Å². The zero-order chi connectivity index (χ0) is 23.8. The standard InChI is InChI=1S/C26H25IN4O2S2/c1-32-22-4-2-3-5-23(22)35-31(12-13-34-27)25-20-16-26(9-10-26)21-7-6-17(14-18-8-11-28-29-18)15-19(21)24(20)33-30-25/h2-8,11,15H,9-10,12-14,16H2,1H3,(H,28,29). The second-order valence-corrected chi connectivity index (χ2v) is 12.6. The molecular weight excluding hydrogens is 591 g/mol. The van der Waals surface area contributed by atoms with Crippen molar-refractivity contribution in [3.05, 3.63) is 77.1 Å². The number of aromatic nitrogens is 3. The zero-order valence-electron chi connectivity index (χ0n) is 19.3. The predicted molar refractivity (Wildman–Crippen MR) is 151 cm³/mol. The van der Waals surface area contributed by atoms with Gasteiger partial charge in [0.05, 0.1) is 12.0 Å². The van der Waals surface area contributed by atoms with Crippen LogP contribution in [-0.4, -0.2) is 34.8 Å². The van der Waals surface area contributed by atoms with Gasteiger partial charge in [-0.1, -0.05) is 38.4 Å². The number of rotatable bonds is 9. The monoisotopic (exact) mass is 616 g/mol. The van der Waals surface area contributed by atoms with E-state index >= 15 is 0 Å². The molecule has 0 radical (unpaired) electrons. The van der Waals surface area contributed by atoms with Crippen molar-refractivity contribution >= 4 is 47.9 Å². The van der Waals surface area contributed by atoms with Crippen LogP contribution in [0.5, 0.6) is 5.75 Å². The van der Waals surface area contributed by atoms with Gasteiger partial charge >= 0.3 is 0 Å². The van der Waals surface area contributed by atoms with Gasteiger partial charge in [0.25, 0.3) is 0 Å². The number of benzene rings is 2. The lowest BCUT2D eigenvalue weighted by Crippen LogP contribution is -2.22. The number of nitrogens with one attached hydrogen (secondary N) is 1. The maximum absolute atomic E-state index is 6.12. The Hall–Kier alpha value is -2.11. The van der Waals surface area contributed by atoms with E-state index < -0.39 is 0 Å². The number of halogens is 1. The summed E-state index contributed by atoms with van der Waals surface area (Å²) in [4.78, 5) is 1.07. The number of nitrogens with zero attached hydrogens (tertiary/aromatic N) is 3. The summed E-state index contributed by atoms with van der Waals surface area (Å²) in [6.07, 6.45) is 6.03. The van der Waals surface area contributed by atoms with E-state index in [0.717, 1.165) is 53.1 Å². The van der Waals surface area contributed by atoms with Crippen molar-refractivity contribution in [2.45, 2.75) is 36.0 Å². The quantitative estimate of drug-likeness (QED) is 0.163. The number of ether oxygens (including phenoxy) is 1. The van der Waals surface area contributed by atoms with Crippen LogP contribution in [0.4, 0.5) is 5.82 Å². The largest absolute Gasteiger partial charge is 0.496 e. The van der Waals surface area contributed by atoms with E-state index in [0.29, 0.717) is 0 Å². The number of hydrogen-bond acceptors (Lipinski definition) is 7. The van der Waals surface area contributed by atoms with Crippen LogP contribution < -0.4 is 9.04 Å². The molecule has 9 heteroatoms. The van der Waals surface area contributed by atoms with Crippen molar-refractivity contribution in [3.63, 3.8) is 0 Å². The van der Waals surface area contributed by atoms with Gasteiger partial charge in [-0.2, -0.15) is 5.10 Å². The van der Waals surface area contributed by atoms with Crippen LogP contribution >= 0.6 is 42.1 Å². The van der Waals surface area contributed by atoms with Crippen LogP contribution in [0.3, 0.4) is 0 Å². The maximum atomic E-state index is 6.12. The first-order valence-corrected chi connectivity index (χ1v) is 15.9. The first-order valence-electron chi connectivity index (χ1n) is 11.6. The van der Waals surface area contributed by atoms with Crippen molar-refractivity contribution in [1.82, 2.24) is 15.4 Å². The highest BCUT2D eigenvalue weighted by molar-refractivity contribution is 14.2. The van der Waals surface area contributed by atoms with Crippen LogP contribution in [0.1, 0.15) is 35.2 Å². The lowest BCUT2D eigenvalue weighted by molar-refractivity contribution is 0.405. The first-order chi connectivity index (χ1) is 17.2. The van der Waals surface area contributed by atoms with Gasteiger partial charge < -0.3 is 9.26 Å². The number of para-hydroxylation sites is 1. The fourth-order valence-corrected chi connectivity index (χ4v) is 6.97. The highest BCUT2D eigenvalue weighted by Crippen LogP contribution is 2.59. The molecule has 180 valence electrons. The van der Waals surface area contributed by atoms with Crippen molar-refractivity contribution < 1.29 is 9.26 Å². The summed E-state index contributed by atoms with van der Waals surface area (Å²) in [5, 5.41) is 11.8. The van der Waals surface area contributed by atoms with Gasteiger partial charge in [0.15, 0.2) is 11.6 Å². The van der Waals surface area contributed by atoms with Crippen LogP contribution in [0, 0.1) is 0 Å². The average molecular weight is 617 g/mol. The van der Waals surface area contributed by atoms with Gasteiger partial charge in [0.1, 0.15) is 5.75 Å². The fourth-order valence-electron chi connectivity index (χ4n) is 4.98. The summed E-state index contributed by atoms with van der Waals surface area (Å²) < 4.78 is 14.0. The lowest BCUT2D eigenvalue weighted by atomic mass is 9.78. The smallest absolute Gasteiger partial charge is 0.186 e. The van der Waals surface area contributed by atoms with E-state index in [1.54, 1.807) is 34.2 Å². The number of anilines is 1. The minimum absolute atomic E-state index is 0.216. The fraction of sp³-hybridized carbons (Fsp3) is 0.308. The summed E-state index contributed by atoms with van der Waals surface area (Å²) in [7, 11) is 3.53. The van der Waals surface area contributed by atoms with E-state index in [2.05, 4.69) is 65.1 Å². The summed E-state index contributed by atoms with van der Waals surface area (Å²) in [5.74, 6) is 3.72. The zero-order valence-corrected chi connectivity index (χ0v) is 23.1. The highest BCUT2D eigenvalue weighted by Gasteiger charge is 2.50. The second kappa shape index (κ2) is 9.74. The molecule has 0 amide bonds. The molecule has 0 aliphatic heterocycles. The molecule has 0 unspecified atom stereocenters. The molecule has 0 saturated heterocycles. The van der Waals surface area contributed by atoms with Gasteiger partial charge in [0.2, 0.25) is 0 Å². The number of H-pyrrole nitrogens is 1. The molecular formula is C26H25IN4O2S2. The third kappa shape index (κ3) is 4.46. The Bertz CT molecular complexity index is 1340. The third-order valence-corrected chi connectivity index (χ3v) is 9.64. The van der Waals surface area contributed by atoms with Crippen LogP contribution in [0.2, 0.25) is 0 Å². The van der Waals surface area contributed by atoms with Crippen molar-refractivity contribution in [2.75, 3.05) is 23.7 Å². The molecule has 1 saturated carbocycles. The molecule has 2 heterocycles. The molecule has 6 rings (SSSR count). The third-order valence-electron chi connectivity index (χ3n) is 6.87. The number of fused-ring (bicyclic) bond motifs is 4. The summed E-state index contributed by atoms with van der Waals surface area (Å²) >= 11 is 4.04. The Morgan fingerprint density at radius 2 is 2.09 bits per heavy atom. The lowest BCUT2D eigenvalue weighted by Gasteiger charge is -2.27. The van der Waals surface area contributed by atoms with E-state index in [4.69, 9.17) is 9.26 Å². The Morgan fingerprint density at radius 1 is 1.20 bits per heavy atom. The Kier molecular flexibility index (Phi) is 6.48. The SMILES string of the molecule is COc1ccccc1SN(CCSI)c1noc2c1CC1(CC1)c1ccc(Cc3ccn[nH]3)cc1-2. The number of methoxy groups -OCH3 is 1. The number of hydrogen-bond donors (Lipinski definition) is 1. The summed E-state index contributed by atoms with van der Waals surface area (Å²) in [5.41, 5.74) is 6.41. The number of aromatic amines is 1. The van der Waals surface area contributed by atoms with E-state index in [1.807, 2.05) is 24.3 Å². The maximum Gasteiger partial charge on any atom is 0.186 e. The van der Waals surface area contributed by atoms with Gasteiger partial charge in [-0.15, -0.1) is 0 Å².